The molecule has 0 spiro atoms. The molecule has 3 saturated heterocycles. The highest BCUT2D eigenvalue weighted by molar-refractivity contribution is 5.88. The number of aromatic nitrogens is 3. The Morgan fingerprint density at radius 1 is 0.785 bits per heavy atom. The number of nitriles is 1. The van der Waals surface area contributed by atoms with Crippen molar-refractivity contribution in [1.29, 1.82) is 5.26 Å². The van der Waals surface area contributed by atoms with Crippen LogP contribution in [-0.2, 0) is 14.4 Å². The highest BCUT2D eigenvalue weighted by Crippen LogP contribution is 2.46. The minimum atomic E-state index is 0.0453. The molecule has 65 heavy (non-hydrogen) atoms. The van der Waals surface area contributed by atoms with Crippen molar-refractivity contribution in [3.63, 3.8) is 0 Å². The number of fused-ring (bicyclic) bond motifs is 2. The molecule has 3 aromatic heterocycles. The Balaban J connectivity index is 0.000000441. The molecule has 0 radical (unpaired) electrons. The summed E-state index contributed by atoms with van der Waals surface area (Å²) in [5.74, 6) is 3.95. The van der Waals surface area contributed by atoms with Crippen molar-refractivity contribution in [2.45, 2.75) is 93.4 Å². The van der Waals surface area contributed by atoms with Gasteiger partial charge in [0, 0.05) is 86.4 Å². The van der Waals surface area contributed by atoms with E-state index in [4.69, 9.17) is 4.98 Å². The van der Waals surface area contributed by atoms with E-state index in [1.165, 1.54) is 17.5 Å². The monoisotopic (exact) mass is 879 g/mol. The molecule has 1 amide bonds. The number of carbonyl (C=O) groups excluding carboxylic acids is 3. The van der Waals surface area contributed by atoms with Gasteiger partial charge in [-0.05, 0) is 119 Å². The average Bonchev–Trinajstić information content (AvgIpc) is 3.72. The number of piperazine rings is 1. The van der Waals surface area contributed by atoms with Gasteiger partial charge >= 0.3 is 0 Å². The van der Waals surface area contributed by atoms with E-state index in [2.05, 4.69) is 99.5 Å². The van der Waals surface area contributed by atoms with E-state index in [1.54, 1.807) is 20.0 Å². The summed E-state index contributed by atoms with van der Waals surface area (Å²) in [5, 5.41) is 14.4. The van der Waals surface area contributed by atoms with Crippen LogP contribution in [0.4, 0.5) is 11.5 Å². The van der Waals surface area contributed by atoms with Crippen LogP contribution in [0.25, 0.3) is 27.8 Å². The van der Waals surface area contributed by atoms with Crippen molar-refractivity contribution in [3.05, 3.63) is 102 Å². The number of carbonyl (C=O) groups is 3. The molecule has 0 bridgehead atoms. The molecule has 3 unspecified atom stereocenters. The number of hydrogen-bond acceptors (Lipinski definition) is 9. The number of anilines is 2. The molecule has 344 valence electrons. The van der Waals surface area contributed by atoms with E-state index in [0.717, 1.165) is 116 Å². The zero-order chi connectivity index (χ0) is 46.6. The number of rotatable bonds is 11. The Bertz CT molecular complexity index is 2380. The number of piperidine rings is 2. The first kappa shape index (κ1) is 48.6. The fourth-order valence-corrected chi connectivity index (χ4v) is 9.16. The van der Waals surface area contributed by atoms with Gasteiger partial charge < -0.3 is 19.5 Å². The van der Waals surface area contributed by atoms with E-state index in [9.17, 15) is 19.6 Å². The standard InChI is InChI=1S/C42H44N8O.C8H14O2.2C2H6/c1-29-2-4-30(5-3-29)32-12-14-46(15-13-32)28-41(51)48-18-16-47(17-19-48)38-9-6-31(7-10-38)36-21-39(42-37(22-43)24-45-50(42)27-36)33-8-11-40(44-23-33)49-25-34-20-35(34)26-49;1-6(8(3)10)4-5-7(2)9;2*1-2/h2-11,21,23-24,27,32,34-35H,12-20,25-26,28H2,1H3;6H,4-5H2,1-3H3;2*1-2H3. The summed E-state index contributed by atoms with van der Waals surface area (Å²) in [6, 6.07) is 26.3. The van der Waals surface area contributed by atoms with Crippen LogP contribution in [0.5, 0.6) is 0 Å². The van der Waals surface area contributed by atoms with E-state index < -0.39 is 0 Å². The Kier molecular flexibility index (Phi) is 17.1. The Hall–Kier alpha value is -5.86. The van der Waals surface area contributed by atoms with Gasteiger partial charge in [-0.25, -0.2) is 9.50 Å². The van der Waals surface area contributed by atoms with Crippen molar-refractivity contribution < 1.29 is 14.4 Å². The van der Waals surface area contributed by atoms with E-state index in [0.29, 0.717) is 30.9 Å². The summed E-state index contributed by atoms with van der Waals surface area (Å²) in [5.41, 5.74) is 9.28. The molecule has 1 aliphatic carbocycles. The zero-order valence-electron chi connectivity index (χ0n) is 40.1. The van der Waals surface area contributed by atoms with Crippen molar-refractivity contribution in [2.24, 2.45) is 17.8 Å². The zero-order valence-corrected chi connectivity index (χ0v) is 40.1. The molecular weight excluding hydrogens is 809 g/mol. The maximum absolute atomic E-state index is 13.3. The van der Waals surface area contributed by atoms with Crippen LogP contribution in [0.15, 0.2) is 85.3 Å². The van der Waals surface area contributed by atoms with Gasteiger partial charge in [0.25, 0.3) is 0 Å². The summed E-state index contributed by atoms with van der Waals surface area (Å²) in [6.07, 6.45) is 10.4. The molecule has 4 aliphatic rings. The van der Waals surface area contributed by atoms with E-state index in [-0.39, 0.29) is 23.4 Å². The molecule has 11 heteroatoms. The van der Waals surface area contributed by atoms with Gasteiger partial charge in [0.15, 0.2) is 0 Å². The fourth-order valence-electron chi connectivity index (χ4n) is 9.16. The largest absolute Gasteiger partial charge is 0.368 e. The lowest BCUT2D eigenvalue weighted by atomic mass is 9.89. The summed E-state index contributed by atoms with van der Waals surface area (Å²) in [7, 11) is 0. The highest BCUT2D eigenvalue weighted by Gasteiger charge is 2.45. The first-order valence-corrected chi connectivity index (χ1v) is 24.1. The van der Waals surface area contributed by atoms with Crippen LogP contribution >= 0.6 is 0 Å². The van der Waals surface area contributed by atoms with Crippen molar-refractivity contribution in [2.75, 3.05) is 68.7 Å². The molecular formula is C54H70N8O3. The maximum Gasteiger partial charge on any atom is 0.236 e. The first-order valence-electron chi connectivity index (χ1n) is 24.1. The number of amides is 1. The van der Waals surface area contributed by atoms with Crippen LogP contribution in [0.3, 0.4) is 0 Å². The lowest BCUT2D eigenvalue weighted by Gasteiger charge is -2.38. The van der Waals surface area contributed by atoms with E-state index >= 15 is 0 Å². The van der Waals surface area contributed by atoms with Crippen molar-refractivity contribution in [3.8, 4) is 28.3 Å². The molecule has 1 saturated carbocycles. The molecule has 6 heterocycles. The maximum atomic E-state index is 13.3. The van der Waals surface area contributed by atoms with Crippen molar-refractivity contribution in [1.82, 2.24) is 24.4 Å². The van der Waals surface area contributed by atoms with Crippen LogP contribution in [0.1, 0.15) is 103 Å². The number of Topliss-reactive ketones (excluding diaryl/α,β-unsaturated/α-hetero) is 2. The predicted molar refractivity (Wildman–Crippen MR) is 263 cm³/mol. The Morgan fingerprint density at radius 2 is 1.43 bits per heavy atom. The van der Waals surface area contributed by atoms with Gasteiger partial charge in [-0.1, -0.05) is 76.6 Å². The summed E-state index contributed by atoms with van der Waals surface area (Å²) in [6.45, 7) is 22.9. The quantitative estimate of drug-likeness (QED) is 0.128. The molecule has 2 aromatic carbocycles. The Morgan fingerprint density at radius 3 is 2.02 bits per heavy atom. The van der Waals surface area contributed by atoms with Crippen LogP contribution in [0.2, 0.25) is 0 Å². The van der Waals surface area contributed by atoms with Gasteiger partial charge in [-0.15, -0.1) is 0 Å². The number of ketones is 2. The lowest BCUT2D eigenvalue weighted by molar-refractivity contribution is -0.133. The third kappa shape index (κ3) is 12.3. The highest BCUT2D eigenvalue weighted by atomic mass is 16.2. The smallest absolute Gasteiger partial charge is 0.236 e. The van der Waals surface area contributed by atoms with Gasteiger partial charge in [-0.3, -0.25) is 14.5 Å². The number of likely N-dealkylation sites (tertiary alicyclic amines) is 1. The second kappa shape index (κ2) is 22.9. The molecule has 9 rings (SSSR count). The number of aryl methyl sites for hydroxylation is 1. The van der Waals surface area contributed by atoms with Crippen LogP contribution in [-0.4, -0.2) is 101 Å². The number of pyridine rings is 2. The molecule has 11 nitrogen and oxygen atoms in total. The Labute approximate surface area is 387 Å². The topological polar surface area (TPSA) is 118 Å². The second-order valence-electron chi connectivity index (χ2n) is 17.8. The molecule has 3 atom stereocenters. The first-order chi connectivity index (χ1) is 31.5. The number of benzene rings is 2. The molecule has 4 fully saturated rings. The minimum absolute atomic E-state index is 0.0453. The molecule has 3 aliphatic heterocycles. The van der Waals surface area contributed by atoms with Gasteiger partial charge in [0.05, 0.1) is 23.8 Å². The van der Waals surface area contributed by atoms with Gasteiger partial charge in [0.1, 0.15) is 23.5 Å². The minimum Gasteiger partial charge on any atom is -0.368 e. The van der Waals surface area contributed by atoms with Crippen LogP contribution < -0.4 is 9.80 Å². The average molecular weight is 879 g/mol. The second-order valence-corrected chi connectivity index (χ2v) is 17.8. The molecule has 5 aromatic rings. The van der Waals surface area contributed by atoms with Crippen LogP contribution in [0, 0.1) is 36.0 Å². The number of nitrogens with zero attached hydrogens (tertiary/aromatic N) is 8. The third-order valence-corrected chi connectivity index (χ3v) is 13.4. The van der Waals surface area contributed by atoms with E-state index in [1.807, 2.05) is 56.4 Å². The van der Waals surface area contributed by atoms with Gasteiger partial charge in [-0.2, -0.15) is 10.4 Å². The normalized spacial score (nSPS) is 18.5. The lowest BCUT2D eigenvalue weighted by Crippen LogP contribution is -2.51. The number of hydrogen-bond donors (Lipinski definition) is 0. The summed E-state index contributed by atoms with van der Waals surface area (Å²) in [4.78, 5) is 48.4. The summed E-state index contributed by atoms with van der Waals surface area (Å²) < 4.78 is 1.82. The fraction of sp³-hybridized carbons (Fsp3) is 0.481. The van der Waals surface area contributed by atoms with Gasteiger partial charge in [0.2, 0.25) is 5.91 Å². The summed E-state index contributed by atoms with van der Waals surface area (Å²) >= 11 is 0. The molecule has 0 N–H and O–H groups in total. The third-order valence-electron chi connectivity index (χ3n) is 13.4. The predicted octanol–water partition coefficient (Wildman–Crippen LogP) is 9.86. The SMILES string of the molecule is CC.CC.CC(=O)CCC(C)C(C)=O.Cc1ccc(C2CCN(CC(=O)N3CCN(c4ccc(-c5cc(-c6ccc(N7CC8CC8C7)nc6)c6c(C#N)cnn6c5)cc4)CC3)CC2)cc1. The van der Waals surface area contributed by atoms with Crippen molar-refractivity contribution >= 4 is 34.5 Å².